The van der Waals surface area contributed by atoms with Gasteiger partial charge in [0.25, 0.3) is 0 Å². The number of likely N-dealkylation sites (N-methyl/N-ethyl adjacent to an activating group) is 1. The molecule has 3 N–H and O–H groups in total. The molecule has 0 unspecified atom stereocenters. The Bertz CT molecular complexity index is 1440. The van der Waals surface area contributed by atoms with Crippen molar-refractivity contribution in [3.63, 3.8) is 0 Å². The normalized spacial score (nSPS) is 15.3. The van der Waals surface area contributed by atoms with E-state index in [2.05, 4.69) is 54.2 Å². The number of imidazole rings is 1. The van der Waals surface area contributed by atoms with Crippen molar-refractivity contribution in [1.29, 1.82) is 0 Å². The molecule has 0 saturated carbocycles. The largest absolute Gasteiger partial charge is 0.492 e. The zero-order chi connectivity index (χ0) is 27.0. The molecule has 1 saturated heterocycles. The number of fused-ring (bicyclic) bond motifs is 1. The summed E-state index contributed by atoms with van der Waals surface area (Å²) >= 11 is 0. The zero-order valence-electron chi connectivity index (χ0n) is 22.5. The second-order valence-electron chi connectivity index (χ2n) is 9.58. The van der Waals surface area contributed by atoms with Crippen LogP contribution in [0.3, 0.4) is 0 Å². The fourth-order valence-electron chi connectivity index (χ4n) is 4.56. The Balaban J connectivity index is 1.20. The number of nitrogens with one attached hydrogen (secondary N) is 1. The topological polar surface area (TPSA) is 109 Å². The third-order valence-corrected chi connectivity index (χ3v) is 6.89. The number of hydrogen-bond acceptors (Lipinski definition) is 9. The number of pyridine rings is 1. The van der Waals surface area contributed by atoms with E-state index in [1.165, 1.54) is 0 Å². The lowest BCUT2D eigenvalue weighted by Gasteiger charge is -2.32. The molecule has 5 rings (SSSR count). The van der Waals surface area contributed by atoms with Gasteiger partial charge in [0.15, 0.2) is 0 Å². The van der Waals surface area contributed by atoms with Gasteiger partial charge < -0.3 is 20.7 Å². The van der Waals surface area contributed by atoms with Gasteiger partial charge in [0.2, 0.25) is 0 Å². The Kier molecular flexibility index (Phi) is 8.45. The molecule has 4 heterocycles. The van der Waals surface area contributed by atoms with Crippen molar-refractivity contribution in [1.82, 2.24) is 29.2 Å². The van der Waals surface area contributed by atoms with Crippen molar-refractivity contribution >= 4 is 23.3 Å². The number of allylic oxidation sites excluding steroid dienone is 1. The maximum absolute atomic E-state index is 6.03. The molecule has 1 aromatic carbocycles. The van der Waals surface area contributed by atoms with Gasteiger partial charge in [-0.2, -0.15) is 0 Å². The van der Waals surface area contributed by atoms with E-state index in [1.54, 1.807) is 25.8 Å². The van der Waals surface area contributed by atoms with E-state index in [-0.39, 0.29) is 0 Å². The quantitative estimate of drug-likeness (QED) is 0.304. The van der Waals surface area contributed by atoms with E-state index in [0.717, 1.165) is 78.0 Å². The fraction of sp³-hybridized carbons (Fsp3) is 0.310. The lowest BCUT2D eigenvalue weighted by molar-refractivity contribution is 0.134. The van der Waals surface area contributed by atoms with E-state index < -0.39 is 0 Å². The Morgan fingerprint density at radius 3 is 2.67 bits per heavy atom. The number of nitrogens with two attached hydrogens (primary N) is 1. The highest BCUT2D eigenvalue weighted by Crippen LogP contribution is 2.23. The number of nitrogens with zero attached hydrogens (tertiary/aromatic N) is 7. The van der Waals surface area contributed by atoms with E-state index in [1.807, 2.05) is 47.1 Å². The van der Waals surface area contributed by atoms with Crippen molar-refractivity contribution < 1.29 is 4.74 Å². The summed E-state index contributed by atoms with van der Waals surface area (Å²) in [6.07, 6.45) is 8.69. The summed E-state index contributed by atoms with van der Waals surface area (Å²) in [7, 11) is 3.90. The molecule has 10 heteroatoms. The molecule has 0 spiro atoms. The minimum atomic E-state index is 0.627. The van der Waals surface area contributed by atoms with Crippen LogP contribution in [0.4, 0.5) is 5.82 Å². The predicted molar refractivity (Wildman–Crippen MR) is 156 cm³/mol. The van der Waals surface area contributed by atoms with E-state index in [4.69, 9.17) is 10.5 Å². The van der Waals surface area contributed by atoms with Gasteiger partial charge in [-0.1, -0.05) is 24.3 Å². The van der Waals surface area contributed by atoms with Crippen molar-refractivity contribution in [2.45, 2.75) is 6.54 Å². The standard InChI is InChI=1S/C29H35N9O/c1-31-19-24(17-30)23-5-3-22(4-6-23)18-32-28-16-26(34-21-35-28)27-20-33-29-15-25(7-8-38(27)29)39-14-13-37-11-9-36(2)10-12-37/h3-8,15-17,19-21H,9-14,18,30H2,1-2H3,(H,32,34,35). The van der Waals surface area contributed by atoms with Gasteiger partial charge in [-0.3, -0.25) is 14.3 Å². The summed E-state index contributed by atoms with van der Waals surface area (Å²) in [5.41, 5.74) is 11.2. The summed E-state index contributed by atoms with van der Waals surface area (Å²) in [5, 5.41) is 3.39. The maximum Gasteiger partial charge on any atom is 0.140 e. The molecule has 3 aromatic heterocycles. The lowest BCUT2D eigenvalue weighted by atomic mass is 10.1. The number of hydrogen-bond donors (Lipinski definition) is 2. The maximum atomic E-state index is 6.03. The third kappa shape index (κ3) is 6.60. The third-order valence-electron chi connectivity index (χ3n) is 6.89. The summed E-state index contributed by atoms with van der Waals surface area (Å²) < 4.78 is 8.04. The molecule has 10 nitrogen and oxygen atoms in total. The van der Waals surface area contributed by atoms with Crippen LogP contribution in [0, 0.1) is 0 Å². The molecule has 0 aliphatic carbocycles. The molecule has 1 aliphatic rings. The van der Waals surface area contributed by atoms with Gasteiger partial charge >= 0.3 is 0 Å². The Morgan fingerprint density at radius 1 is 1.08 bits per heavy atom. The number of anilines is 1. The minimum Gasteiger partial charge on any atom is -0.492 e. The zero-order valence-corrected chi connectivity index (χ0v) is 22.5. The van der Waals surface area contributed by atoms with Gasteiger partial charge in [-0.05, 0) is 24.2 Å². The van der Waals surface area contributed by atoms with Crippen LogP contribution in [-0.4, -0.2) is 88.8 Å². The van der Waals surface area contributed by atoms with Crippen LogP contribution in [0.2, 0.25) is 0 Å². The molecule has 39 heavy (non-hydrogen) atoms. The van der Waals surface area contributed by atoms with E-state index in [0.29, 0.717) is 13.2 Å². The molecule has 4 aromatic rings. The lowest BCUT2D eigenvalue weighted by Crippen LogP contribution is -2.45. The minimum absolute atomic E-state index is 0.627. The highest BCUT2D eigenvalue weighted by atomic mass is 16.5. The van der Waals surface area contributed by atoms with Crippen LogP contribution in [0.5, 0.6) is 5.75 Å². The van der Waals surface area contributed by atoms with Crippen LogP contribution in [0.15, 0.2) is 72.4 Å². The van der Waals surface area contributed by atoms with Gasteiger partial charge in [0.1, 0.15) is 30.1 Å². The monoisotopic (exact) mass is 525 g/mol. The SMILES string of the molecule is CN=CC(=CN)c1ccc(CNc2cc(-c3cnc4cc(OCCN5CCN(C)CC5)ccn34)ncn2)cc1. The van der Waals surface area contributed by atoms with Crippen molar-refractivity contribution in [2.75, 3.05) is 58.7 Å². The first-order chi connectivity index (χ1) is 19.1. The van der Waals surface area contributed by atoms with Crippen molar-refractivity contribution in [3.8, 4) is 17.1 Å². The van der Waals surface area contributed by atoms with Crippen LogP contribution >= 0.6 is 0 Å². The first-order valence-electron chi connectivity index (χ1n) is 13.1. The number of ether oxygens (including phenoxy) is 1. The number of aromatic nitrogens is 4. The van der Waals surface area contributed by atoms with Crippen LogP contribution in [0.1, 0.15) is 11.1 Å². The van der Waals surface area contributed by atoms with E-state index in [9.17, 15) is 0 Å². The van der Waals surface area contributed by atoms with E-state index >= 15 is 0 Å². The van der Waals surface area contributed by atoms with Crippen LogP contribution < -0.4 is 15.8 Å². The van der Waals surface area contributed by atoms with Gasteiger partial charge in [0.05, 0.1) is 17.6 Å². The highest BCUT2D eigenvalue weighted by molar-refractivity contribution is 6.09. The molecular formula is C29H35N9O. The molecule has 202 valence electrons. The first kappa shape index (κ1) is 26.3. The van der Waals surface area contributed by atoms with Crippen LogP contribution in [0.25, 0.3) is 22.6 Å². The van der Waals surface area contributed by atoms with Gasteiger partial charge in [0, 0.05) is 82.6 Å². The Labute approximate surface area is 228 Å². The predicted octanol–water partition coefficient (Wildman–Crippen LogP) is 3.03. The molecule has 0 bridgehead atoms. The smallest absolute Gasteiger partial charge is 0.140 e. The number of benzene rings is 1. The molecular weight excluding hydrogens is 490 g/mol. The summed E-state index contributed by atoms with van der Waals surface area (Å²) in [6.45, 7) is 6.62. The average Bonchev–Trinajstić information content (AvgIpc) is 3.40. The van der Waals surface area contributed by atoms with Crippen molar-refractivity contribution in [3.05, 3.63) is 78.5 Å². The average molecular weight is 526 g/mol. The summed E-state index contributed by atoms with van der Waals surface area (Å²) in [5.74, 6) is 1.56. The highest BCUT2D eigenvalue weighted by Gasteiger charge is 2.14. The molecule has 0 radical (unpaired) electrons. The fourth-order valence-corrected chi connectivity index (χ4v) is 4.56. The Morgan fingerprint density at radius 2 is 1.90 bits per heavy atom. The second kappa shape index (κ2) is 12.5. The molecule has 0 amide bonds. The number of piperazine rings is 1. The summed E-state index contributed by atoms with van der Waals surface area (Å²) in [4.78, 5) is 22.3. The molecule has 1 fully saturated rings. The van der Waals surface area contributed by atoms with Gasteiger partial charge in [-0.15, -0.1) is 0 Å². The molecule has 0 atom stereocenters. The number of aliphatic imine (C=N–C) groups is 1. The first-order valence-corrected chi connectivity index (χ1v) is 13.1. The Hall–Kier alpha value is -4.28. The molecule has 1 aliphatic heterocycles. The summed E-state index contributed by atoms with van der Waals surface area (Å²) in [6, 6.07) is 14.1. The number of rotatable bonds is 10. The second-order valence-corrected chi connectivity index (χ2v) is 9.58. The van der Waals surface area contributed by atoms with Crippen LogP contribution in [-0.2, 0) is 6.54 Å². The van der Waals surface area contributed by atoms with Gasteiger partial charge in [-0.25, -0.2) is 15.0 Å². The van der Waals surface area contributed by atoms with Crippen molar-refractivity contribution in [2.24, 2.45) is 10.7 Å².